The first-order valence-electron chi connectivity index (χ1n) is 6.37. The number of hydrogen-bond acceptors (Lipinski definition) is 4. The minimum absolute atomic E-state index is 0.0205. The van der Waals surface area contributed by atoms with Crippen LogP contribution in [0.3, 0.4) is 0 Å². The van der Waals surface area contributed by atoms with Crippen LogP contribution in [0.2, 0.25) is 0 Å². The van der Waals surface area contributed by atoms with E-state index >= 15 is 0 Å². The third kappa shape index (κ3) is 3.86. The number of aliphatic imine (C=N–C) groups is 1. The standard InChI is InChI=1S/C14H21NO3/c1-10(15-6-4-5-7-16)13-11(17)8-14(2,3)9-12(13)18/h7,13H,4-6,8-9H2,1-3H3. The average Bonchev–Trinajstić information content (AvgIpc) is 2.21. The van der Waals surface area contributed by atoms with Gasteiger partial charge >= 0.3 is 0 Å². The fourth-order valence-corrected chi connectivity index (χ4v) is 2.38. The van der Waals surface area contributed by atoms with Crippen LogP contribution in [0, 0.1) is 11.3 Å². The first-order chi connectivity index (χ1) is 8.37. The van der Waals surface area contributed by atoms with E-state index in [0.717, 1.165) is 6.29 Å². The minimum Gasteiger partial charge on any atom is -0.303 e. The van der Waals surface area contributed by atoms with Crippen molar-refractivity contribution in [1.82, 2.24) is 0 Å². The molecule has 4 nitrogen and oxygen atoms in total. The smallest absolute Gasteiger partial charge is 0.149 e. The average molecular weight is 251 g/mol. The first kappa shape index (κ1) is 14.7. The number of carbonyl (C=O) groups excluding carboxylic acids is 3. The summed E-state index contributed by atoms with van der Waals surface area (Å²) in [4.78, 5) is 38.4. The van der Waals surface area contributed by atoms with Crippen LogP contribution in [0.1, 0.15) is 46.5 Å². The maximum Gasteiger partial charge on any atom is 0.149 e. The number of Topliss-reactive ketones (excluding diaryl/α,β-unsaturated/α-hetero) is 2. The Labute approximate surface area is 108 Å². The first-order valence-corrected chi connectivity index (χ1v) is 6.37. The lowest BCUT2D eigenvalue weighted by Gasteiger charge is -2.31. The van der Waals surface area contributed by atoms with Gasteiger partial charge in [0.25, 0.3) is 0 Å². The van der Waals surface area contributed by atoms with Crippen molar-refractivity contribution in [3.63, 3.8) is 0 Å². The predicted molar refractivity (Wildman–Crippen MR) is 69.8 cm³/mol. The summed E-state index contributed by atoms with van der Waals surface area (Å²) in [5, 5.41) is 0. The Bertz CT molecular complexity index is 363. The monoisotopic (exact) mass is 251 g/mol. The van der Waals surface area contributed by atoms with E-state index in [1.165, 1.54) is 0 Å². The van der Waals surface area contributed by atoms with Crippen LogP contribution in [-0.4, -0.2) is 30.1 Å². The van der Waals surface area contributed by atoms with Crippen LogP contribution in [0.25, 0.3) is 0 Å². The Morgan fingerprint density at radius 1 is 1.33 bits per heavy atom. The maximum absolute atomic E-state index is 12.0. The minimum atomic E-state index is -0.644. The van der Waals surface area contributed by atoms with Gasteiger partial charge in [-0.15, -0.1) is 0 Å². The second-order valence-electron chi connectivity index (χ2n) is 5.72. The quantitative estimate of drug-likeness (QED) is 0.325. The summed E-state index contributed by atoms with van der Waals surface area (Å²) in [5.41, 5.74) is 0.383. The Morgan fingerprint density at radius 3 is 2.39 bits per heavy atom. The van der Waals surface area contributed by atoms with E-state index in [2.05, 4.69) is 4.99 Å². The molecule has 1 saturated carbocycles. The van der Waals surface area contributed by atoms with Gasteiger partial charge in [0.1, 0.15) is 23.8 Å². The number of hydrogen-bond donors (Lipinski definition) is 0. The van der Waals surface area contributed by atoms with Crippen LogP contribution in [0.15, 0.2) is 4.99 Å². The zero-order valence-corrected chi connectivity index (χ0v) is 11.4. The Hall–Kier alpha value is -1.32. The molecule has 4 heteroatoms. The van der Waals surface area contributed by atoms with Gasteiger partial charge in [0.15, 0.2) is 0 Å². The molecule has 0 heterocycles. The van der Waals surface area contributed by atoms with E-state index < -0.39 is 5.92 Å². The maximum atomic E-state index is 12.0. The van der Waals surface area contributed by atoms with Gasteiger partial charge < -0.3 is 4.79 Å². The number of carbonyl (C=O) groups is 3. The van der Waals surface area contributed by atoms with Crippen molar-refractivity contribution in [2.45, 2.75) is 46.5 Å². The van der Waals surface area contributed by atoms with Gasteiger partial charge in [-0.2, -0.15) is 0 Å². The molecule has 0 aliphatic heterocycles. The van der Waals surface area contributed by atoms with Crippen molar-refractivity contribution in [1.29, 1.82) is 0 Å². The van der Waals surface area contributed by atoms with Gasteiger partial charge in [-0.1, -0.05) is 13.8 Å². The van der Waals surface area contributed by atoms with Gasteiger partial charge in [0.2, 0.25) is 0 Å². The highest BCUT2D eigenvalue weighted by Crippen LogP contribution is 2.34. The molecule has 18 heavy (non-hydrogen) atoms. The van der Waals surface area contributed by atoms with Crippen molar-refractivity contribution < 1.29 is 14.4 Å². The molecule has 1 aliphatic rings. The summed E-state index contributed by atoms with van der Waals surface area (Å²) in [5.74, 6) is -0.685. The molecule has 0 aromatic heterocycles. The predicted octanol–water partition coefficient (Wildman–Crippen LogP) is 2.00. The highest BCUT2D eigenvalue weighted by Gasteiger charge is 2.40. The van der Waals surface area contributed by atoms with Crippen LogP contribution >= 0.6 is 0 Å². The second-order valence-corrected chi connectivity index (χ2v) is 5.72. The van der Waals surface area contributed by atoms with E-state index in [4.69, 9.17) is 0 Å². The van der Waals surface area contributed by atoms with Gasteiger partial charge in [-0.3, -0.25) is 14.6 Å². The van der Waals surface area contributed by atoms with Crippen LogP contribution < -0.4 is 0 Å². The number of unbranched alkanes of at least 4 members (excludes halogenated alkanes) is 1. The summed E-state index contributed by atoms with van der Waals surface area (Å²) in [6, 6.07) is 0. The van der Waals surface area contributed by atoms with Crippen molar-refractivity contribution in [3.8, 4) is 0 Å². The molecule has 1 fully saturated rings. The van der Waals surface area contributed by atoms with E-state index in [-0.39, 0.29) is 17.0 Å². The Morgan fingerprint density at radius 2 is 1.89 bits per heavy atom. The molecule has 0 N–H and O–H groups in total. The highest BCUT2D eigenvalue weighted by atomic mass is 16.2. The van der Waals surface area contributed by atoms with Gasteiger partial charge in [-0.25, -0.2) is 0 Å². The van der Waals surface area contributed by atoms with E-state index in [1.54, 1.807) is 6.92 Å². The van der Waals surface area contributed by atoms with Gasteiger partial charge in [0, 0.05) is 31.5 Å². The lowest BCUT2D eigenvalue weighted by Crippen LogP contribution is -2.41. The number of ketones is 2. The van der Waals surface area contributed by atoms with E-state index in [9.17, 15) is 14.4 Å². The zero-order chi connectivity index (χ0) is 13.8. The number of rotatable bonds is 5. The molecule has 0 aromatic rings. The Balaban J connectivity index is 2.68. The fourth-order valence-electron chi connectivity index (χ4n) is 2.38. The summed E-state index contributed by atoms with van der Waals surface area (Å²) in [6.07, 6.45) is 2.86. The lowest BCUT2D eigenvalue weighted by molar-refractivity contribution is -0.136. The fraction of sp³-hybridized carbons (Fsp3) is 0.714. The summed E-state index contributed by atoms with van der Waals surface area (Å²) < 4.78 is 0. The number of aldehydes is 1. The summed E-state index contributed by atoms with van der Waals surface area (Å²) >= 11 is 0. The molecule has 0 bridgehead atoms. The van der Waals surface area contributed by atoms with E-state index in [1.807, 2.05) is 13.8 Å². The molecule has 100 valence electrons. The molecular formula is C14H21NO3. The molecule has 0 radical (unpaired) electrons. The van der Waals surface area contributed by atoms with Crippen molar-refractivity contribution >= 4 is 23.6 Å². The molecule has 0 saturated heterocycles. The molecule has 0 unspecified atom stereocenters. The lowest BCUT2D eigenvalue weighted by atomic mass is 9.70. The highest BCUT2D eigenvalue weighted by molar-refractivity contribution is 6.21. The van der Waals surface area contributed by atoms with Gasteiger partial charge in [-0.05, 0) is 18.8 Å². The second kappa shape index (κ2) is 6.03. The topological polar surface area (TPSA) is 63.6 Å². The molecule has 0 spiro atoms. The SMILES string of the molecule is CC(=NCCCC=O)C1C(=O)CC(C)(C)CC1=O. The molecular weight excluding hydrogens is 230 g/mol. The summed E-state index contributed by atoms with van der Waals surface area (Å²) in [6.45, 7) is 6.12. The van der Waals surface area contributed by atoms with Crippen LogP contribution in [-0.2, 0) is 14.4 Å². The molecule has 0 atom stereocenters. The number of nitrogens with zero attached hydrogens (tertiary/aromatic N) is 1. The largest absolute Gasteiger partial charge is 0.303 e. The van der Waals surface area contributed by atoms with Crippen molar-refractivity contribution in [3.05, 3.63) is 0 Å². The normalized spacial score (nSPS) is 21.2. The zero-order valence-electron chi connectivity index (χ0n) is 11.4. The third-order valence-electron chi connectivity index (χ3n) is 3.21. The van der Waals surface area contributed by atoms with Crippen LogP contribution in [0.4, 0.5) is 0 Å². The molecule has 0 aromatic carbocycles. The molecule has 1 rings (SSSR count). The van der Waals surface area contributed by atoms with Crippen LogP contribution in [0.5, 0.6) is 0 Å². The summed E-state index contributed by atoms with van der Waals surface area (Å²) in [7, 11) is 0. The Kier molecular flexibility index (Phi) is 4.93. The molecule has 0 amide bonds. The van der Waals surface area contributed by atoms with Crippen molar-refractivity contribution in [2.24, 2.45) is 16.3 Å². The van der Waals surface area contributed by atoms with Gasteiger partial charge in [0.05, 0.1) is 0 Å². The van der Waals surface area contributed by atoms with Crippen molar-refractivity contribution in [2.75, 3.05) is 6.54 Å². The third-order valence-corrected chi connectivity index (χ3v) is 3.21. The van der Waals surface area contributed by atoms with E-state index in [0.29, 0.717) is 37.9 Å². The molecule has 1 aliphatic carbocycles.